The highest BCUT2D eigenvalue weighted by atomic mass is 16.5. The van der Waals surface area contributed by atoms with Crippen LogP contribution >= 0.6 is 0 Å². The maximum absolute atomic E-state index is 13.9. The maximum Gasteiger partial charge on any atom is 0.423 e. The molecule has 208 valence electrons. The molecule has 0 aliphatic heterocycles. The minimum atomic E-state index is -1.40. The van der Waals surface area contributed by atoms with Gasteiger partial charge in [0.15, 0.2) is 0 Å². The Morgan fingerprint density at radius 2 is 1.34 bits per heavy atom. The molecule has 41 heavy (non-hydrogen) atoms. The molecule has 0 bridgehead atoms. The third kappa shape index (κ3) is 6.06. The summed E-state index contributed by atoms with van der Waals surface area (Å²) in [6, 6.07) is 32.3. The van der Waals surface area contributed by atoms with Gasteiger partial charge in [0, 0.05) is 12.3 Å². The molecule has 1 aliphatic carbocycles. The van der Waals surface area contributed by atoms with Crippen LogP contribution in [-0.2, 0) is 16.0 Å². The number of carbonyl (C=O) groups is 3. The van der Waals surface area contributed by atoms with Gasteiger partial charge < -0.3 is 15.2 Å². The fourth-order valence-electron chi connectivity index (χ4n) is 5.58. The Hall–Kier alpha value is -5.11. The van der Waals surface area contributed by atoms with E-state index in [1.165, 1.54) is 7.11 Å². The van der Waals surface area contributed by atoms with Crippen LogP contribution in [0.3, 0.4) is 0 Å². The van der Waals surface area contributed by atoms with Crippen LogP contribution in [0.5, 0.6) is 0 Å². The van der Waals surface area contributed by atoms with Crippen LogP contribution in [-0.4, -0.2) is 41.4 Å². The summed E-state index contributed by atoms with van der Waals surface area (Å²) in [7, 11) is 1.25. The van der Waals surface area contributed by atoms with Crippen molar-refractivity contribution < 1.29 is 24.2 Å². The lowest BCUT2D eigenvalue weighted by molar-refractivity contribution is -0.142. The second kappa shape index (κ2) is 12.4. The van der Waals surface area contributed by atoms with Crippen LogP contribution in [0.1, 0.15) is 40.6 Å². The molecule has 0 spiro atoms. The minimum absolute atomic E-state index is 0.0979. The zero-order chi connectivity index (χ0) is 28.8. The highest BCUT2D eigenvalue weighted by Gasteiger charge is 2.36. The first-order chi connectivity index (χ1) is 20.0. The predicted octanol–water partition coefficient (Wildman–Crippen LogP) is 5.91. The molecule has 5 rings (SSSR count). The van der Waals surface area contributed by atoms with Gasteiger partial charge in [-0.3, -0.25) is 0 Å². The van der Waals surface area contributed by atoms with Crippen molar-refractivity contribution in [2.24, 2.45) is 0 Å². The van der Waals surface area contributed by atoms with Crippen molar-refractivity contribution >= 4 is 18.1 Å². The highest BCUT2D eigenvalue weighted by Crippen LogP contribution is 2.48. The van der Waals surface area contributed by atoms with Crippen molar-refractivity contribution in [1.29, 1.82) is 0 Å². The molecule has 2 atom stereocenters. The Balaban J connectivity index is 1.51. The van der Waals surface area contributed by atoms with Crippen molar-refractivity contribution in [3.63, 3.8) is 0 Å². The van der Waals surface area contributed by atoms with Gasteiger partial charge in [-0.15, -0.1) is 0 Å². The fourth-order valence-corrected chi connectivity index (χ4v) is 5.58. The van der Waals surface area contributed by atoms with Gasteiger partial charge in [0.25, 0.3) is 0 Å². The molecule has 0 saturated heterocycles. The van der Waals surface area contributed by atoms with E-state index in [4.69, 9.17) is 4.74 Å². The van der Waals surface area contributed by atoms with Gasteiger partial charge >= 0.3 is 18.1 Å². The lowest BCUT2D eigenvalue weighted by atomic mass is 9.87. The molecular weight excluding hydrogens is 518 g/mol. The number of carboxylic acid groups (broad SMARTS) is 1. The molecule has 0 heterocycles. The highest BCUT2D eigenvalue weighted by molar-refractivity contribution is 5.85. The summed E-state index contributed by atoms with van der Waals surface area (Å²) >= 11 is 0. The minimum Gasteiger partial charge on any atom is -0.467 e. The molecule has 0 fully saturated rings. The molecule has 3 N–H and O–H groups in total. The van der Waals surface area contributed by atoms with Crippen molar-refractivity contribution in [3.05, 3.63) is 131 Å². The molecular formula is C33H31N3O5. The van der Waals surface area contributed by atoms with Crippen LogP contribution in [0.15, 0.2) is 109 Å². The predicted molar refractivity (Wildman–Crippen MR) is 155 cm³/mol. The molecule has 0 aromatic heterocycles. The second-order valence-corrected chi connectivity index (χ2v) is 9.89. The SMILES string of the molecule is COC(=O)C(Cc1ccccc1)NC(=O)N(NC(=O)O)C(CC1c2ccccc2-c2ccccc21)c1ccccc1. The number of ether oxygens (including phenoxy) is 1. The Labute approximate surface area is 238 Å². The van der Waals surface area contributed by atoms with Crippen LogP contribution in [0.2, 0.25) is 0 Å². The molecule has 0 radical (unpaired) electrons. The number of fused-ring (bicyclic) bond motifs is 3. The van der Waals surface area contributed by atoms with Crippen LogP contribution in [0, 0.1) is 0 Å². The number of benzene rings is 4. The third-order valence-corrected chi connectivity index (χ3v) is 7.42. The molecule has 2 unspecified atom stereocenters. The van der Waals surface area contributed by atoms with Crippen molar-refractivity contribution in [2.45, 2.75) is 30.8 Å². The average Bonchev–Trinajstić information content (AvgIpc) is 3.32. The first-order valence-electron chi connectivity index (χ1n) is 13.4. The second-order valence-electron chi connectivity index (χ2n) is 9.89. The van der Waals surface area contributed by atoms with Crippen molar-refractivity contribution in [1.82, 2.24) is 15.8 Å². The summed E-state index contributed by atoms with van der Waals surface area (Å²) in [6.45, 7) is 0. The number of nitrogens with one attached hydrogen (secondary N) is 2. The van der Waals surface area contributed by atoms with Gasteiger partial charge in [-0.1, -0.05) is 109 Å². The molecule has 8 nitrogen and oxygen atoms in total. The van der Waals surface area contributed by atoms with Crippen molar-refractivity contribution in [2.75, 3.05) is 7.11 Å². The first-order valence-corrected chi connectivity index (χ1v) is 13.4. The Bertz CT molecular complexity index is 1480. The zero-order valence-electron chi connectivity index (χ0n) is 22.6. The van der Waals surface area contributed by atoms with Crippen LogP contribution in [0.25, 0.3) is 11.1 Å². The molecule has 1 aliphatic rings. The number of hydrogen-bond acceptors (Lipinski definition) is 4. The van der Waals surface area contributed by atoms with E-state index in [0.29, 0.717) is 6.42 Å². The van der Waals surface area contributed by atoms with E-state index < -0.39 is 30.2 Å². The Morgan fingerprint density at radius 3 is 1.90 bits per heavy atom. The lowest BCUT2D eigenvalue weighted by Gasteiger charge is -2.34. The number of nitrogens with zero attached hydrogens (tertiary/aromatic N) is 1. The number of hydrogen-bond donors (Lipinski definition) is 3. The standard InChI is InChI=1S/C33H31N3O5/c1-41-31(37)29(20-22-12-4-2-5-13-22)34-32(38)36(35-33(39)40)30(23-14-6-3-7-15-23)21-28-26-18-10-8-16-24(26)25-17-9-11-19-27(25)28/h2-19,28-30,35H,20-21H2,1H3,(H,34,38)(H,39,40). The maximum atomic E-state index is 13.9. The van der Waals surface area contributed by atoms with Gasteiger partial charge in [0.1, 0.15) is 6.04 Å². The van der Waals surface area contributed by atoms with E-state index >= 15 is 0 Å². The Morgan fingerprint density at radius 1 is 0.805 bits per heavy atom. The van der Waals surface area contributed by atoms with E-state index in [1.807, 2.05) is 84.9 Å². The number of amides is 3. The Kier molecular flexibility index (Phi) is 8.29. The number of esters is 1. The monoisotopic (exact) mass is 549 g/mol. The summed E-state index contributed by atoms with van der Waals surface area (Å²) in [5, 5.41) is 13.6. The van der Waals surface area contributed by atoms with Crippen LogP contribution < -0.4 is 10.7 Å². The average molecular weight is 550 g/mol. The number of carbonyl (C=O) groups excluding carboxylic acids is 2. The summed E-state index contributed by atoms with van der Waals surface area (Å²) in [4.78, 5) is 38.6. The first kappa shape index (κ1) is 27.5. The van der Waals surface area contributed by atoms with Gasteiger partial charge in [-0.2, -0.15) is 0 Å². The topological polar surface area (TPSA) is 108 Å². The van der Waals surface area contributed by atoms with E-state index in [-0.39, 0.29) is 12.3 Å². The molecule has 4 aromatic carbocycles. The van der Waals surface area contributed by atoms with E-state index in [9.17, 15) is 19.5 Å². The van der Waals surface area contributed by atoms with Crippen molar-refractivity contribution in [3.8, 4) is 11.1 Å². The summed E-state index contributed by atoms with van der Waals surface area (Å²) in [5.41, 5.74) is 8.35. The van der Waals surface area contributed by atoms with E-state index in [2.05, 4.69) is 35.0 Å². The normalized spacial score (nSPS) is 13.3. The number of rotatable bonds is 8. The molecule has 0 saturated carbocycles. The fraction of sp³-hybridized carbons (Fsp3) is 0.182. The van der Waals surface area contributed by atoms with Gasteiger partial charge in [0.2, 0.25) is 0 Å². The molecule has 3 amide bonds. The molecule has 8 heteroatoms. The third-order valence-electron chi connectivity index (χ3n) is 7.42. The summed E-state index contributed by atoms with van der Waals surface area (Å²) in [5.74, 6) is -0.730. The largest absolute Gasteiger partial charge is 0.467 e. The van der Waals surface area contributed by atoms with Gasteiger partial charge in [0.05, 0.1) is 13.2 Å². The summed E-state index contributed by atoms with van der Waals surface area (Å²) in [6.07, 6.45) is -0.821. The van der Waals surface area contributed by atoms with Gasteiger partial charge in [-0.25, -0.2) is 24.8 Å². The van der Waals surface area contributed by atoms with E-state index in [1.54, 1.807) is 0 Å². The molecule has 4 aromatic rings. The van der Waals surface area contributed by atoms with Crippen LogP contribution in [0.4, 0.5) is 9.59 Å². The quantitative estimate of drug-likeness (QED) is 0.187. The number of methoxy groups -OCH3 is 1. The zero-order valence-corrected chi connectivity index (χ0v) is 22.6. The summed E-state index contributed by atoms with van der Waals surface area (Å²) < 4.78 is 4.97. The number of hydrazine groups is 1. The number of urea groups is 1. The smallest absolute Gasteiger partial charge is 0.423 e. The van der Waals surface area contributed by atoms with E-state index in [0.717, 1.165) is 38.4 Å². The van der Waals surface area contributed by atoms with Gasteiger partial charge in [-0.05, 0) is 39.8 Å². The lowest BCUT2D eigenvalue weighted by Crippen LogP contribution is -2.56.